The van der Waals surface area contributed by atoms with E-state index in [-0.39, 0.29) is 23.6 Å². The lowest BCUT2D eigenvalue weighted by atomic mass is 9.61. The molecule has 1 aliphatic heterocycles. The Morgan fingerprint density at radius 2 is 2.00 bits per heavy atom. The molecule has 5 heteroatoms. The summed E-state index contributed by atoms with van der Waals surface area (Å²) in [4.78, 5) is 14.5. The maximum Gasteiger partial charge on any atom is 0.224 e. The predicted molar refractivity (Wildman–Crippen MR) is 86.1 cm³/mol. The van der Waals surface area contributed by atoms with Gasteiger partial charge in [-0.15, -0.1) is 0 Å². The number of sulfone groups is 1. The highest BCUT2D eigenvalue weighted by Gasteiger charge is 2.56. The van der Waals surface area contributed by atoms with Gasteiger partial charge in [0.05, 0.1) is 11.3 Å². The van der Waals surface area contributed by atoms with Crippen molar-refractivity contribution in [3.8, 4) is 0 Å². The smallest absolute Gasteiger partial charge is 0.224 e. The number of carbonyl (C=O) groups is 1. The van der Waals surface area contributed by atoms with Crippen molar-refractivity contribution in [3.63, 3.8) is 0 Å². The molecular formula is C17H23NO3S. The molecule has 22 heavy (non-hydrogen) atoms. The lowest BCUT2D eigenvalue weighted by Gasteiger charge is -2.61. The van der Waals surface area contributed by atoms with E-state index >= 15 is 0 Å². The Hall–Kier alpha value is -1.36. The fourth-order valence-electron chi connectivity index (χ4n) is 4.09. The molecule has 0 aromatic heterocycles. The fraction of sp³-hybridized carbons (Fsp3) is 0.588. The van der Waals surface area contributed by atoms with Crippen molar-refractivity contribution in [1.29, 1.82) is 0 Å². The molecule has 1 aromatic carbocycles. The largest absolute Gasteiger partial charge is 0.332 e. The summed E-state index contributed by atoms with van der Waals surface area (Å²) in [5.74, 6) is 0.441. The number of hydrogen-bond acceptors (Lipinski definition) is 3. The molecule has 0 spiro atoms. The summed E-state index contributed by atoms with van der Waals surface area (Å²) in [6.45, 7) is 0.775. The zero-order chi connectivity index (χ0) is 15.8. The SMILES string of the molecule is CS(=O)(=O)CCC(=O)N1C[C@H]2CCCC[C@]21c1ccccc1. The summed E-state index contributed by atoms with van der Waals surface area (Å²) in [5.41, 5.74) is 1.02. The Labute approximate surface area is 132 Å². The highest BCUT2D eigenvalue weighted by atomic mass is 32.2. The van der Waals surface area contributed by atoms with E-state index in [0.717, 1.165) is 25.8 Å². The number of likely N-dealkylation sites (tertiary alicyclic amines) is 1. The Balaban J connectivity index is 1.84. The Bertz CT molecular complexity index is 656. The molecule has 1 amide bonds. The van der Waals surface area contributed by atoms with E-state index in [9.17, 15) is 13.2 Å². The molecule has 4 nitrogen and oxygen atoms in total. The molecule has 120 valence electrons. The molecule has 1 aliphatic carbocycles. The number of rotatable bonds is 4. The zero-order valence-corrected chi connectivity index (χ0v) is 13.8. The quantitative estimate of drug-likeness (QED) is 0.855. The molecule has 0 bridgehead atoms. The molecular weight excluding hydrogens is 298 g/mol. The number of fused-ring (bicyclic) bond motifs is 1. The van der Waals surface area contributed by atoms with Crippen LogP contribution < -0.4 is 0 Å². The van der Waals surface area contributed by atoms with E-state index in [1.165, 1.54) is 18.2 Å². The molecule has 1 aromatic rings. The summed E-state index contributed by atoms with van der Waals surface area (Å²) in [7, 11) is -3.10. The second-order valence-corrected chi connectivity index (χ2v) is 8.88. The van der Waals surface area contributed by atoms with Crippen LogP contribution in [0.25, 0.3) is 0 Å². The average Bonchev–Trinajstić information content (AvgIpc) is 2.47. The van der Waals surface area contributed by atoms with Crippen LogP contribution >= 0.6 is 0 Å². The summed E-state index contributed by atoms with van der Waals surface area (Å²) < 4.78 is 22.7. The second kappa shape index (κ2) is 5.69. The van der Waals surface area contributed by atoms with Crippen molar-refractivity contribution in [2.45, 2.75) is 37.6 Å². The van der Waals surface area contributed by atoms with Gasteiger partial charge in [-0.1, -0.05) is 43.2 Å². The van der Waals surface area contributed by atoms with Gasteiger partial charge in [0.15, 0.2) is 0 Å². The van der Waals surface area contributed by atoms with Gasteiger partial charge in [0.2, 0.25) is 5.91 Å². The molecule has 0 unspecified atom stereocenters. The normalized spacial score (nSPS) is 27.9. The molecule has 2 fully saturated rings. The number of hydrogen-bond donors (Lipinski definition) is 0. The molecule has 1 saturated carbocycles. The highest BCUT2D eigenvalue weighted by Crippen LogP contribution is 2.53. The first-order valence-corrected chi connectivity index (χ1v) is 10.0. The van der Waals surface area contributed by atoms with Crippen molar-refractivity contribution in [2.75, 3.05) is 18.6 Å². The minimum atomic E-state index is -3.10. The van der Waals surface area contributed by atoms with Gasteiger partial charge in [0.1, 0.15) is 9.84 Å². The van der Waals surface area contributed by atoms with Crippen LogP contribution in [0.15, 0.2) is 30.3 Å². The molecule has 0 radical (unpaired) electrons. The maximum atomic E-state index is 12.6. The summed E-state index contributed by atoms with van der Waals surface area (Å²) >= 11 is 0. The number of amides is 1. The summed E-state index contributed by atoms with van der Waals surface area (Å²) in [6, 6.07) is 10.2. The molecule has 2 atom stereocenters. The van der Waals surface area contributed by atoms with Crippen LogP contribution in [0.3, 0.4) is 0 Å². The topological polar surface area (TPSA) is 54.5 Å². The first-order chi connectivity index (χ1) is 10.4. The minimum Gasteiger partial charge on any atom is -0.332 e. The van der Waals surface area contributed by atoms with Gasteiger partial charge in [-0.05, 0) is 18.4 Å². The zero-order valence-electron chi connectivity index (χ0n) is 13.0. The first kappa shape index (κ1) is 15.5. The van der Waals surface area contributed by atoms with Crippen LogP contribution in [-0.2, 0) is 20.2 Å². The molecule has 1 heterocycles. The van der Waals surface area contributed by atoms with Crippen molar-refractivity contribution >= 4 is 15.7 Å². The lowest BCUT2D eigenvalue weighted by molar-refractivity contribution is -0.166. The standard InChI is InChI=1S/C17H23NO3S/c1-22(20,21)12-10-16(19)18-13-15-9-5-6-11-17(15,18)14-7-3-2-4-8-14/h2-4,7-8,15H,5-6,9-13H2,1H3/t15-,17+/m1/s1. The van der Waals surface area contributed by atoms with E-state index in [0.29, 0.717) is 5.92 Å². The lowest BCUT2D eigenvalue weighted by Crippen LogP contribution is -2.67. The molecule has 3 rings (SSSR count). The van der Waals surface area contributed by atoms with Gasteiger partial charge >= 0.3 is 0 Å². The van der Waals surface area contributed by atoms with E-state index in [2.05, 4.69) is 12.1 Å². The van der Waals surface area contributed by atoms with E-state index in [1.807, 2.05) is 23.1 Å². The Morgan fingerprint density at radius 1 is 1.27 bits per heavy atom. The molecule has 0 N–H and O–H groups in total. The number of carbonyl (C=O) groups excluding carboxylic acids is 1. The molecule has 2 aliphatic rings. The first-order valence-electron chi connectivity index (χ1n) is 7.97. The Kier molecular flexibility index (Phi) is 4.02. The minimum absolute atomic E-state index is 0.0209. The van der Waals surface area contributed by atoms with Crippen LogP contribution in [0.5, 0.6) is 0 Å². The van der Waals surface area contributed by atoms with Crippen molar-refractivity contribution in [2.24, 2.45) is 5.92 Å². The van der Waals surface area contributed by atoms with Gasteiger partial charge in [-0.3, -0.25) is 4.79 Å². The van der Waals surface area contributed by atoms with Crippen LogP contribution in [0.1, 0.15) is 37.7 Å². The second-order valence-electron chi connectivity index (χ2n) is 6.62. The van der Waals surface area contributed by atoms with Gasteiger partial charge in [0.25, 0.3) is 0 Å². The van der Waals surface area contributed by atoms with Gasteiger partial charge in [0, 0.05) is 25.1 Å². The molecule has 1 saturated heterocycles. The van der Waals surface area contributed by atoms with Crippen molar-refractivity contribution in [1.82, 2.24) is 4.90 Å². The number of nitrogens with zero attached hydrogens (tertiary/aromatic N) is 1. The van der Waals surface area contributed by atoms with Crippen molar-refractivity contribution in [3.05, 3.63) is 35.9 Å². The van der Waals surface area contributed by atoms with Crippen LogP contribution in [0, 0.1) is 5.92 Å². The maximum absolute atomic E-state index is 12.6. The third-order valence-corrected chi connectivity index (χ3v) is 6.13. The third kappa shape index (κ3) is 2.67. The average molecular weight is 321 g/mol. The predicted octanol–water partition coefficient (Wildman–Crippen LogP) is 2.35. The number of benzene rings is 1. The van der Waals surface area contributed by atoms with E-state index in [4.69, 9.17) is 0 Å². The Morgan fingerprint density at radius 3 is 2.64 bits per heavy atom. The van der Waals surface area contributed by atoms with E-state index in [1.54, 1.807) is 0 Å². The van der Waals surface area contributed by atoms with Crippen LogP contribution in [-0.4, -0.2) is 37.8 Å². The van der Waals surface area contributed by atoms with Crippen molar-refractivity contribution < 1.29 is 13.2 Å². The summed E-state index contributed by atoms with van der Waals surface area (Å²) in [5, 5.41) is 0. The van der Waals surface area contributed by atoms with Gasteiger partial charge in [-0.2, -0.15) is 0 Å². The van der Waals surface area contributed by atoms with E-state index < -0.39 is 9.84 Å². The fourth-order valence-corrected chi connectivity index (χ4v) is 4.64. The van der Waals surface area contributed by atoms with Crippen LogP contribution in [0.4, 0.5) is 0 Å². The van der Waals surface area contributed by atoms with Gasteiger partial charge in [-0.25, -0.2) is 8.42 Å². The van der Waals surface area contributed by atoms with Gasteiger partial charge < -0.3 is 4.90 Å². The summed E-state index contributed by atoms with van der Waals surface area (Å²) in [6.07, 6.45) is 5.79. The van der Waals surface area contributed by atoms with Crippen LogP contribution in [0.2, 0.25) is 0 Å². The third-order valence-electron chi connectivity index (χ3n) is 5.18. The highest BCUT2D eigenvalue weighted by molar-refractivity contribution is 7.90. The monoisotopic (exact) mass is 321 g/mol.